The average Bonchev–Trinajstić information content (AvgIpc) is 2.47. The Morgan fingerprint density at radius 3 is 2.83 bits per heavy atom. The van der Waals surface area contributed by atoms with Gasteiger partial charge < -0.3 is 5.73 Å². The highest BCUT2D eigenvalue weighted by Gasteiger charge is 2.08. The maximum absolute atomic E-state index is 6.04. The van der Waals surface area contributed by atoms with Crippen LogP contribution in [0.25, 0.3) is 0 Å². The molecule has 1 rings (SSSR count). The second-order valence-corrected chi connectivity index (χ2v) is 4.16. The van der Waals surface area contributed by atoms with E-state index in [1.165, 1.54) is 23.3 Å². The van der Waals surface area contributed by atoms with Crippen molar-refractivity contribution in [3.63, 3.8) is 0 Å². The molecule has 0 unspecified atom stereocenters. The first-order chi connectivity index (χ1) is 5.75. The van der Waals surface area contributed by atoms with Crippen LogP contribution in [0.15, 0.2) is 11.4 Å². The van der Waals surface area contributed by atoms with E-state index in [1.54, 1.807) is 11.3 Å². The molecular formula is C10H17NS. The summed E-state index contributed by atoms with van der Waals surface area (Å²) in [6.07, 6.45) is 3.59. The monoisotopic (exact) mass is 183 g/mol. The lowest BCUT2D eigenvalue weighted by molar-refractivity contribution is 0.609. The van der Waals surface area contributed by atoms with Crippen molar-refractivity contribution >= 4 is 11.3 Å². The van der Waals surface area contributed by atoms with Crippen LogP contribution in [0.2, 0.25) is 0 Å². The van der Waals surface area contributed by atoms with Crippen LogP contribution in [-0.4, -0.2) is 0 Å². The number of thiophene rings is 1. The predicted molar refractivity (Wildman–Crippen MR) is 55.5 cm³/mol. The predicted octanol–water partition coefficient (Wildman–Crippen LogP) is 3.25. The Morgan fingerprint density at radius 2 is 2.33 bits per heavy atom. The van der Waals surface area contributed by atoms with Crippen molar-refractivity contribution in [3.05, 3.63) is 21.9 Å². The Bertz CT molecular complexity index is 229. The summed E-state index contributed by atoms with van der Waals surface area (Å²) in [6.45, 7) is 4.34. The summed E-state index contributed by atoms with van der Waals surface area (Å²) in [5, 5.41) is 2.12. The molecule has 0 aromatic carbocycles. The molecule has 0 amide bonds. The van der Waals surface area contributed by atoms with E-state index in [4.69, 9.17) is 5.73 Å². The molecule has 0 aliphatic carbocycles. The summed E-state index contributed by atoms with van der Waals surface area (Å²) in [4.78, 5) is 1.36. The molecule has 12 heavy (non-hydrogen) atoms. The van der Waals surface area contributed by atoms with Crippen LogP contribution >= 0.6 is 11.3 Å². The van der Waals surface area contributed by atoms with Gasteiger partial charge in [-0.3, -0.25) is 0 Å². The zero-order chi connectivity index (χ0) is 8.97. The Labute approximate surface area is 78.6 Å². The smallest absolute Gasteiger partial charge is 0.0392 e. The zero-order valence-electron chi connectivity index (χ0n) is 7.84. The minimum Gasteiger partial charge on any atom is -0.323 e. The lowest BCUT2D eigenvalue weighted by Gasteiger charge is -2.09. The highest BCUT2D eigenvalue weighted by molar-refractivity contribution is 7.10. The van der Waals surface area contributed by atoms with E-state index in [-0.39, 0.29) is 6.04 Å². The van der Waals surface area contributed by atoms with Gasteiger partial charge in [-0.15, -0.1) is 11.3 Å². The molecule has 1 aromatic rings. The molecule has 1 aromatic heterocycles. The molecule has 0 fully saturated rings. The van der Waals surface area contributed by atoms with Crippen molar-refractivity contribution in [1.82, 2.24) is 0 Å². The lowest BCUT2D eigenvalue weighted by atomic mass is 10.1. The van der Waals surface area contributed by atoms with Gasteiger partial charge in [0.05, 0.1) is 0 Å². The van der Waals surface area contributed by atoms with E-state index in [0.29, 0.717) is 0 Å². The first-order valence-electron chi connectivity index (χ1n) is 4.55. The van der Waals surface area contributed by atoms with Crippen LogP contribution in [-0.2, 0) is 0 Å². The highest BCUT2D eigenvalue weighted by Crippen LogP contribution is 2.25. The zero-order valence-corrected chi connectivity index (χ0v) is 8.66. The van der Waals surface area contributed by atoms with Crippen LogP contribution in [0, 0.1) is 6.92 Å². The number of nitrogens with two attached hydrogens (primary N) is 1. The van der Waals surface area contributed by atoms with Crippen molar-refractivity contribution in [3.8, 4) is 0 Å². The van der Waals surface area contributed by atoms with E-state index >= 15 is 0 Å². The topological polar surface area (TPSA) is 26.0 Å². The van der Waals surface area contributed by atoms with Crippen LogP contribution in [0.4, 0.5) is 0 Å². The molecule has 2 heteroatoms. The second-order valence-electron chi connectivity index (χ2n) is 3.22. The summed E-state index contributed by atoms with van der Waals surface area (Å²) in [5.74, 6) is 0. The van der Waals surface area contributed by atoms with Crippen molar-refractivity contribution < 1.29 is 0 Å². The van der Waals surface area contributed by atoms with E-state index in [0.717, 1.165) is 6.42 Å². The molecular weight excluding hydrogens is 166 g/mol. The Hall–Kier alpha value is -0.340. The SMILES string of the molecule is CCCC[C@H](N)c1sccc1C. The van der Waals surface area contributed by atoms with Crippen LogP contribution in [0.1, 0.15) is 42.7 Å². The Kier molecular flexibility index (Phi) is 3.76. The minimum absolute atomic E-state index is 0.268. The third-order valence-electron chi connectivity index (χ3n) is 2.11. The molecule has 0 radical (unpaired) electrons. The fourth-order valence-corrected chi connectivity index (χ4v) is 2.28. The fraction of sp³-hybridized carbons (Fsp3) is 0.600. The quantitative estimate of drug-likeness (QED) is 0.762. The summed E-state index contributed by atoms with van der Waals surface area (Å²) >= 11 is 1.78. The molecule has 1 nitrogen and oxygen atoms in total. The van der Waals surface area contributed by atoms with Gasteiger partial charge in [-0.25, -0.2) is 0 Å². The van der Waals surface area contributed by atoms with Crippen molar-refractivity contribution in [2.45, 2.75) is 39.2 Å². The van der Waals surface area contributed by atoms with E-state index in [2.05, 4.69) is 25.3 Å². The molecule has 68 valence electrons. The van der Waals surface area contributed by atoms with Gasteiger partial charge in [0, 0.05) is 10.9 Å². The maximum Gasteiger partial charge on any atom is 0.0392 e. The van der Waals surface area contributed by atoms with Crippen molar-refractivity contribution in [2.24, 2.45) is 5.73 Å². The molecule has 0 aliphatic heterocycles. The fourth-order valence-electron chi connectivity index (χ4n) is 1.32. The standard InChI is InChI=1S/C10H17NS/c1-3-4-5-9(11)10-8(2)6-7-12-10/h6-7,9H,3-5,11H2,1-2H3/t9-/m0/s1. The van der Waals surface area contributed by atoms with Gasteiger partial charge in [0.2, 0.25) is 0 Å². The third-order valence-corrected chi connectivity index (χ3v) is 3.26. The van der Waals surface area contributed by atoms with Crippen LogP contribution < -0.4 is 5.73 Å². The first kappa shape index (κ1) is 9.75. The molecule has 0 bridgehead atoms. The van der Waals surface area contributed by atoms with Crippen molar-refractivity contribution in [1.29, 1.82) is 0 Å². The summed E-state index contributed by atoms with van der Waals surface area (Å²) in [7, 11) is 0. The molecule has 2 N–H and O–H groups in total. The number of rotatable bonds is 4. The van der Waals surface area contributed by atoms with Gasteiger partial charge in [0.15, 0.2) is 0 Å². The minimum atomic E-state index is 0.268. The first-order valence-corrected chi connectivity index (χ1v) is 5.43. The molecule has 0 saturated carbocycles. The highest BCUT2D eigenvalue weighted by atomic mass is 32.1. The summed E-state index contributed by atoms with van der Waals surface area (Å²) < 4.78 is 0. The molecule has 0 saturated heterocycles. The van der Waals surface area contributed by atoms with E-state index in [1.807, 2.05) is 0 Å². The number of aryl methyl sites for hydroxylation is 1. The Morgan fingerprint density at radius 1 is 1.58 bits per heavy atom. The van der Waals surface area contributed by atoms with Gasteiger partial charge in [-0.1, -0.05) is 19.8 Å². The van der Waals surface area contributed by atoms with E-state index in [9.17, 15) is 0 Å². The summed E-state index contributed by atoms with van der Waals surface area (Å²) in [6, 6.07) is 2.41. The summed E-state index contributed by atoms with van der Waals surface area (Å²) in [5.41, 5.74) is 7.39. The normalized spacial score (nSPS) is 13.2. The average molecular weight is 183 g/mol. The molecule has 0 spiro atoms. The van der Waals surface area contributed by atoms with Gasteiger partial charge >= 0.3 is 0 Å². The third kappa shape index (κ3) is 2.32. The molecule has 1 heterocycles. The maximum atomic E-state index is 6.04. The van der Waals surface area contributed by atoms with Crippen LogP contribution in [0.5, 0.6) is 0 Å². The number of unbranched alkanes of at least 4 members (excludes halogenated alkanes) is 1. The lowest BCUT2D eigenvalue weighted by Crippen LogP contribution is -2.09. The van der Waals surface area contributed by atoms with Gasteiger partial charge in [0.25, 0.3) is 0 Å². The number of hydrogen-bond acceptors (Lipinski definition) is 2. The second kappa shape index (κ2) is 4.63. The van der Waals surface area contributed by atoms with Gasteiger partial charge in [0.1, 0.15) is 0 Å². The van der Waals surface area contributed by atoms with E-state index < -0.39 is 0 Å². The number of hydrogen-bond donors (Lipinski definition) is 1. The molecule has 1 atom stereocenters. The van der Waals surface area contributed by atoms with Gasteiger partial charge in [-0.05, 0) is 30.4 Å². The van der Waals surface area contributed by atoms with Crippen LogP contribution in [0.3, 0.4) is 0 Å². The van der Waals surface area contributed by atoms with Crippen molar-refractivity contribution in [2.75, 3.05) is 0 Å². The largest absolute Gasteiger partial charge is 0.323 e. The van der Waals surface area contributed by atoms with Gasteiger partial charge in [-0.2, -0.15) is 0 Å². The Balaban J connectivity index is 2.52. The molecule has 0 aliphatic rings.